The van der Waals surface area contributed by atoms with Crippen LogP contribution in [0.1, 0.15) is 34.1 Å². The monoisotopic (exact) mass is 214 g/mol. The Balaban J connectivity index is 4.58. The Morgan fingerprint density at radius 1 is 1.00 bits per heavy atom. The van der Waals surface area contributed by atoms with E-state index in [9.17, 15) is 0 Å². The van der Waals surface area contributed by atoms with E-state index in [4.69, 9.17) is 0 Å². The van der Waals surface area contributed by atoms with Gasteiger partial charge in [-0.2, -0.15) is 0 Å². The molecule has 0 aromatic heterocycles. The first-order valence-corrected chi connectivity index (χ1v) is 8.57. The normalized spacial score (nSPS) is 12.6. The van der Waals surface area contributed by atoms with Crippen molar-refractivity contribution in [2.45, 2.75) is 34.1 Å². The van der Waals surface area contributed by atoms with Gasteiger partial charge >= 0.3 is 90.3 Å². The molecule has 0 aromatic rings. The fourth-order valence-electron chi connectivity index (χ4n) is 2.48. The third kappa shape index (κ3) is 4.96. The zero-order chi connectivity index (χ0) is 11.2. The second-order valence-corrected chi connectivity index (χ2v) is 9.79. The molecule has 0 radical (unpaired) electrons. The molecule has 0 spiro atoms. The summed E-state index contributed by atoms with van der Waals surface area (Å²) >= 11 is 0. The van der Waals surface area contributed by atoms with Crippen LogP contribution < -0.4 is 0 Å². The van der Waals surface area contributed by atoms with Gasteiger partial charge in [-0.3, -0.25) is 0 Å². The average Bonchev–Trinajstić information content (AvgIpc) is 2.02. The first-order chi connectivity index (χ1) is 6.45. The van der Waals surface area contributed by atoms with Gasteiger partial charge in [0.2, 0.25) is 0 Å². The molecule has 14 heavy (non-hydrogen) atoms. The first-order valence-electron chi connectivity index (χ1n) is 5.74. The van der Waals surface area contributed by atoms with E-state index in [1.807, 2.05) is 0 Å². The molecular formula is C13H27P. The first kappa shape index (κ1) is 13.9. The van der Waals surface area contributed by atoms with Crippen molar-refractivity contribution in [1.82, 2.24) is 0 Å². The second-order valence-electron chi connectivity index (χ2n) is 4.87. The number of hydrogen-bond donors (Lipinski definition) is 0. The van der Waals surface area contributed by atoms with Gasteiger partial charge in [0.15, 0.2) is 0 Å². The topological polar surface area (TPSA) is 0 Å². The van der Waals surface area contributed by atoms with Gasteiger partial charge in [-0.05, 0) is 0 Å². The maximum atomic E-state index is 4.08. The minimum atomic E-state index is -1.09. The summed E-state index contributed by atoms with van der Waals surface area (Å²) < 4.78 is 0. The molecule has 1 heteroatoms. The van der Waals surface area contributed by atoms with Crippen molar-refractivity contribution >= 4 is 7.26 Å². The predicted octanol–water partition coefficient (Wildman–Crippen LogP) is 4.32. The Labute approximate surface area is 90.8 Å². The molecule has 0 rings (SSSR count). The molecule has 0 N–H and O–H groups in total. The fourth-order valence-corrected chi connectivity index (χ4v) is 7.43. The van der Waals surface area contributed by atoms with Crippen molar-refractivity contribution in [1.29, 1.82) is 0 Å². The van der Waals surface area contributed by atoms with Crippen LogP contribution in [-0.2, 0) is 0 Å². The van der Waals surface area contributed by atoms with E-state index < -0.39 is 7.26 Å². The molecule has 0 fully saturated rings. The van der Waals surface area contributed by atoms with Gasteiger partial charge < -0.3 is 0 Å². The van der Waals surface area contributed by atoms with Gasteiger partial charge in [-0.25, -0.2) is 0 Å². The average molecular weight is 214 g/mol. The molecule has 0 bridgehead atoms. The molecule has 0 nitrogen and oxygen atoms in total. The maximum absolute atomic E-state index is 4.08. The Morgan fingerprint density at radius 2 is 1.43 bits per heavy atom. The van der Waals surface area contributed by atoms with Crippen LogP contribution >= 0.6 is 7.26 Å². The van der Waals surface area contributed by atoms with Crippen LogP contribution in [0.4, 0.5) is 0 Å². The molecule has 0 amide bonds. The Kier molecular flexibility index (Phi) is 6.36. The van der Waals surface area contributed by atoms with Crippen LogP contribution in [0.2, 0.25) is 0 Å². The van der Waals surface area contributed by atoms with Gasteiger partial charge in [0, 0.05) is 0 Å². The number of rotatable bonds is 7. The van der Waals surface area contributed by atoms with E-state index >= 15 is 0 Å². The van der Waals surface area contributed by atoms with Crippen LogP contribution in [0.15, 0.2) is 24.3 Å². The van der Waals surface area contributed by atoms with E-state index in [2.05, 4.69) is 40.9 Å². The van der Waals surface area contributed by atoms with Crippen LogP contribution in [0.25, 0.3) is 0 Å². The summed E-state index contributed by atoms with van der Waals surface area (Å²) in [7, 11) is -1.09. The van der Waals surface area contributed by atoms with Gasteiger partial charge in [-0.1, -0.05) is 0 Å². The summed E-state index contributed by atoms with van der Waals surface area (Å²) in [6, 6.07) is 0. The van der Waals surface area contributed by atoms with Gasteiger partial charge in [0.25, 0.3) is 0 Å². The van der Waals surface area contributed by atoms with E-state index in [-0.39, 0.29) is 0 Å². The Morgan fingerprint density at radius 3 is 1.64 bits per heavy atom. The molecule has 0 aliphatic carbocycles. The summed E-state index contributed by atoms with van der Waals surface area (Å²) in [5, 5.41) is 0. The van der Waals surface area contributed by atoms with Crippen LogP contribution in [0.3, 0.4) is 0 Å². The fraction of sp³-hybridized carbons (Fsp3) is 0.692. The van der Waals surface area contributed by atoms with E-state index in [1.54, 1.807) is 0 Å². The molecule has 0 aliphatic heterocycles. The van der Waals surface area contributed by atoms with E-state index in [0.717, 1.165) is 0 Å². The summed E-state index contributed by atoms with van der Waals surface area (Å²) in [5.74, 6) is 0. The summed E-state index contributed by atoms with van der Waals surface area (Å²) in [4.78, 5) is 0. The van der Waals surface area contributed by atoms with E-state index in [0.29, 0.717) is 0 Å². The molecule has 0 aliphatic rings. The van der Waals surface area contributed by atoms with Crippen molar-refractivity contribution < 1.29 is 0 Å². The number of allylic oxidation sites excluding steroid dienone is 2. The molecule has 0 saturated carbocycles. The van der Waals surface area contributed by atoms with Gasteiger partial charge in [0.05, 0.1) is 0 Å². The third-order valence-corrected chi connectivity index (χ3v) is 8.65. The van der Waals surface area contributed by atoms with Gasteiger partial charge in [0.1, 0.15) is 0 Å². The Bertz CT molecular complexity index is 187. The van der Waals surface area contributed by atoms with Crippen molar-refractivity contribution in [2.75, 3.05) is 24.6 Å². The molecular weight excluding hydrogens is 187 g/mol. The molecule has 84 valence electrons. The van der Waals surface area contributed by atoms with Crippen molar-refractivity contribution in [3.05, 3.63) is 24.3 Å². The predicted molar refractivity (Wildman–Crippen MR) is 73.4 cm³/mol. The molecule has 0 heterocycles. The summed E-state index contributed by atoms with van der Waals surface area (Å²) in [6.45, 7) is 17.2. The molecule has 0 aromatic carbocycles. The summed E-state index contributed by atoms with van der Waals surface area (Å²) in [6.07, 6.45) is 6.72. The van der Waals surface area contributed by atoms with Crippen LogP contribution in [-0.4, -0.2) is 24.6 Å². The quantitative estimate of drug-likeness (QED) is 0.437. The molecule has 0 saturated heterocycles. The van der Waals surface area contributed by atoms with Crippen LogP contribution in [0.5, 0.6) is 0 Å². The SMILES string of the molecule is C=C(C)C[PH](CC)(CCC)CC(=C)C. The van der Waals surface area contributed by atoms with Crippen molar-refractivity contribution in [3.8, 4) is 0 Å². The number of hydrogen-bond acceptors (Lipinski definition) is 0. The van der Waals surface area contributed by atoms with Crippen LogP contribution in [0, 0.1) is 0 Å². The molecule has 0 atom stereocenters. The third-order valence-electron chi connectivity index (χ3n) is 2.88. The Hall–Kier alpha value is -0.0900. The zero-order valence-electron chi connectivity index (χ0n) is 10.4. The standard InChI is InChI=1S/C13H27P/c1-7-9-14(8-2,10-12(3)4)11-13(5)6/h14H,3,5,7-11H2,1-2,4,6H3. The summed E-state index contributed by atoms with van der Waals surface area (Å²) in [5.41, 5.74) is 2.74. The van der Waals surface area contributed by atoms with Gasteiger partial charge in [-0.15, -0.1) is 0 Å². The van der Waals surface area contributed by atoms with E-state index in [1.165, 1.54) is 42.2 Å². The van der Waals surface area contributed by atoms with Crippen molar-refractivity contribution in [3.63, 3.8) is 0 Å². The molecule has 0 unspecified atom stereocenters. The second kappa shape index (κ2) is 6.40. The van der Waals surface area contributed by atoms with Crippen molar-refractivity contribution in [2.24, 2.45) is 0 Å². The zero-order valence-corrected chi connectivity index (χ0v) is 11.4. The minimum absolute atomic E-state index is 1.09.